The SMILES string of the molecule is CCOC(C)(C)OCF. The molecule has 0 aliphatic rings. The largest absolute Gasteiger partial charge is 0.351 e. The summed E-state index contributed by atoms with van der Waals surface area (Å²) >= 11 is 0. The lowest BCUT2D eigenvalue weighted by Gasteiger charge is -2.22. The lowest BCUT2D eigenvalue weighted by atomic mass is 10.4. The summed E-state index contributed by atoms with van der Waals surface area (Å²) in [5.74, 6) is -0.774. The number of hydrogen-bond donors (Lipinski definition) is 0. The Morgan fingerprint density at radius 3 is 2.22 bits per heavy atom. The summed E-state index contributed by atoms with van der Waals surface area (Å²) in [6, 6.07) is 0. The summed E-state index contributed by atoms with van der Waals surface area (Å²) in [6.07, 6.45) is 0. The molecule has 9 heavy (non-hydrogen) atoms. The second-order valence-corrected chi connectivity index (χ2v) is 2.09. The first-order chi connectivity index (χ1) is 4.12. The van der Waals surface area contributed by atoms with Crippen LogP contribution >= 0.6 is 0 Å². The van der Waals surface area contributed by atoms with Gasteiger partial charge < -0.3 is 9.47 Å². The van der Waals surface area contributed by atoms with E-state index in [9.17, 15) is 4.39 Å². The van der Waals surface area contributed by atoms with Gasteiger partial charge in [0.25, 0.3) is 0 Å². The van der Waals surface area contributed by atoms with Crippen LogP contribution in [0.1, 0.15) is 20.8 Å². The van der Waals surface area contributed by atoms with Crippen molar-refractivity contribution in [3.8, 4) is 0 Å². The van der Waals surface area contributed by atoms with E-state index >= 15 is 0 Å². The van der Waals surface area contributed by atoms with E-state index in [2.05, 4.69) is 4.74 Å². The maximum absolute atomic E-state index is 11.5. The second kappa shape index (κ2) is 3.80. The average Bonchev–Trinajstić information content (AvgIpc) is 1.64. The van der Waals surface area contributed by atoms with Crippen molar-refractivity contribution >= 4 is 0 Å². The zero-order chi connectivity index (χ0) is 7.33. The van der Waals surface area contributed by atoms with E-state index in [1.807, 2.05) is 6.92 Å². The Balaban J connectivity index is 3.43. The summed E-state index contributed by atoms with van der Waals surface area (Å²) in [7, 11) is 0. The summed E-state index contributed by atoms with van der Waals surface area (Å²) in [6.45, 7) is 4.93. The predicted octanol–water partition coefficient (Wildman–Crippen LogP) is 1.70. The minimum Gasteiger partial charge on any atom is -0.351 e. The molecule has 0 aromatic carbocycles. The van der Waals surface area contributed by atoms with E-state index < -0.39 is 12.6 Å². The van der Waals surface area contributed by atoms with Crippen LogP contribution < -0.4 is 0 Å². The van der Waals surface area contributed by atoms with Gasteiger partial charge in [0.2, 0.25) is 0 Å². The quantitative estimate of drug-likeness (QED) is 0.548. The Kier molecular flexibility index (Phi) is 3.73. The fourth-order valence-corrected chi connectivity index (χ4v) is 0.521. The molecule has 2 nitrogen and oxygen atoms in total. The standard InChI is InChI=1S/C6H13FO2/c1-4-8-6(2,3)9-5-7/h4-5H2,1-3H3. The fraction of sp³-hybridized carbons (Fsp3) is 1.00. The van der Waals surface area contributed by atoms with E-state index in [1.165, 1.54) is 0 Å². The van der Waals surface area contributed by atoms with E-state index in [4.69, 9.17) is 4.74 Å². The summed E-state index contributed by atoms with van der Waals surface area (Å²) in [5, 5.41) is 0. The summed E-state index contributed by atoms with van der Waals surface area (Å²) in [4.78, 5) is 0. The molecular formula is C6H13FO2. The van der Waals surface area contributed by atoms with Gasteiger partial charge in [-0.15, -0.1) is 0 Å². The molecule has 0 saturated heterocycles. The first-order valence-corrected chi connectivity index (χ1v) is 2.96. The maximum atomic E-state index is 11.5. The monoisotopic (exact) mass is 136 g/mol. The van der Waals surface area contributed by atoms with Crippen LogP contribution in [-0.2, 0) is 9.47 Å². The maximum Gasteiger partial charge on any atom is 0.191 e. The summed E-state index contributed by atoms with van der Waals surface area (Å²) < 4.78 is 21.1. The van der Waals surface area contributed by atoms with Crippen molar-refractivity contribution < 1.29 is 13.9 Å². The Labute approximate surface area is 55.0 Å². The topological polar surface area (TPSA) is 18.5 Å². The first kappa shape index (κ1) is 8.85. The van der Waals surface area contributed by atoms with Gasteiger partial charge in [0.15, 0.2) is 12.6 Å². The van der Waals surface area contributed by atoms with Crippen molar-refractivity contribution in [2.24, 2.45) is 0 Å². The van der Waals surface area contributed by atoms with E-state index in [1.54, 1.807) is 13.8 Å². The van der Waals surface area contributed by atoms with Crippen molar-refractivity contribution in [2.75, 3.05) is 13.5 Å². The highest BCUT2D eigenvalue weighted by Gasteiger charge is 2.16. The molecule has 0 heterocycles. The van der Waals surface area contributed by atoms with Crippen molar-refractivity contribution in [3.63, 3.8) is 0 Å². The van der Waals surface area contributed by atoms with E-state index in [-0.39, 0.29) is 0 Å². The highest BCUT2D eigenvalue weighted by atomic mass is 19.1. The van der Waals surface area contributed by atoms with Crippen LogP contribution in [0.15, 0.2) is 0 Å². The van der Waals surface area contributed by atoms with E-state index in [0.717, 1.165) is 0 Å². The molecule has 0 amide bonds. The van der Waals surface area contributed by atoms with Crippen molar-refractivity contribution in [1.29, 1.82) is 0 Å². The highest BCUT2D eigenvalue weighted by molar-refractivity contribution is 4.49. The number of alkyl halides is 1. The van der Waals surface area contributed by atoms with Gasteiger partial charge in [-0.1, -0.05) is 0 Å². The van der Waals surface area contributed by atoms with Crippen LogP contribution in [0.25, 0.3) is 0 Å². The fourth-order valence-electron chi connectivity index (χ4n) is 0.521. The third-order valence-corrected chi connectivity index (χ3v) is 0.894. The molecular weight excluding hydrogens is 123 g/mol. The van der Waals surface area contributed by atoms with Crippen LogP contribution in [0.4, 0.5) is 4.39 Å². The number of rotatable bonds is 4. The van der Waals surface area contributed by atoms with Gasteiger partial charge in [0.05, 0.1) is 0 Å². The molecule has 0 rings (SSSR count). The number of hydrogen-bond acceptors (Lipinski definition) is 2. The average molecular weight is 136 g/mol. The van der Waals surface area contributed by atoms with Gasteiger partial charge in [-0.2, -0.15) is 0 Å². The molecule has 0 aromatic heterocycles. The normalized spacial score (nSPS) is 12.0. The molecule has 0 aliphatic heterocycles. The third kappa shape index (κ3) is 4.36. The lowest BCUT2D eigenvalue weighted by molar-refractivity contribution is -0.227. The Morgan fingerprint density at radius 2 is 1.89 bits per heavy atom. The molecule has 0 spiro atoms. The smallest absolute Gasteiger partial charge is 0.191 e. The van der Waals surface area contributed by atoms with Crippen LogP contribution in [0.3, 0.4) is 0 Å². The van der Waals surface area contributed by atoms with Gasteiger partial charge in [-0.3, -0.25) is 0 Å². The molecule has 0 atom stereocenters. The third-order valence-electron chi connectivity index (χ3n) is 0.894. The highest BCUT2D eigenvalue weighted by Crippen LogP contribution is 2.09. The van der Waals surface area contributed by atoms with Gasteiger partial charge in [-0.05, 0) is 20.8 Å². The van der Waals surface area contributed by atoms with Gasteiger partial charge >= 0.3 is 0 Å². The minimum absolute atomic E-state index is 0.535. The molecule has 3 heteroatoms. The van der Waals surface area contributed by atoms with Crippen LogP contribution in [0.5, 0.6) is 0 Å². The van der Waals surface area contributed by atoms with Crippen LogP contribution in [0, 0.1) is 0 Å². The van der Waals surface area contributed by atoms with Gasteiger partial charge in [0.1, 0.15) is 0 Å². The molecule has 0 radical (unpaired) electrons. The molecule has 56 valence electrons. The Bertz CT molecular complexity index is 65.5. The number of ether oxygens (including phenoxy) is 2. The predicted molar refractivity (Wildman–Crippen MR) is 32.8 cm³/mol. The zero-order valence-electron chi connectivity index (χ0n) is 6.11. The Hall–Kier alpha value is -0.150. The van der Waals surface area contributed by atoms with Gasteiger partial charge in [-0.25, -0.2) is 4.39 Å². The molecule has 0 bridgehead atoms. The first-order valence-electron chi connectivity index (χ1n) is 2.96. The second-order valence-electron chi connectivity index (χ2n) is 2.09. The molecule has 0 N–H and O–H groups in total. The zero-order valence-corrected chi connectivity index (χ0v) is 6.11. The molecule has 0 fully saturated rings. The van der Waals surface area contributed by atoms with Crippen molar-refractivity contribution in [1.82, 2.24) is 0 Å². The Morgan fingerprint density at radius 1 is 1.33 bits per heavy atom. The minimum atomic E-state index is -0.799. The van der Waals surface area contributed by atoms with Crippen LogP contribution in [0.2, 0.25) is 0 Å². The molecule has 0 saturated carbocycles. The van der Waals surface area contributed by atoms with E-state index in [0.29, 0.717) is 6.61 Å². The van der Waals surface area contributed by atoms with Crippen molar-refractivity contribution in [3.05, 3.63) is 0 Å². The lowest BCUT2D eigenvalue weighted by Crippen LogP contribution is -2.27. The van der Waals surface area contributed by atoms with Gasteiger partial charge in [0, 0.05) is 6.61 Å². The van der Waals surface area contributed by atoms with Crippen LogP contribution in [-0.4, -0.2) is 19.3 Å². The summed E-state index contributed by atoms with van der Waals surface area (Å²) in [5.41, 5.74) is 0. The number of halogens is 1. The molecule has 0 aliphatic carbocycles. The molecule has 0 aromatic rings. The molecule has 0 unspecified atom stereocenters. The van der Waals surface area contributed by atoms with Crippen molar-refractivity contribution in [2.45, 2.75) is 26.6 Å².